The van der Waals surface area contributed by atoms with E-state index < -0.39 is 34.5 Å². The van der Waals surface area contributed by atoms with Crippen molar-refractivity contribution in [2.24, 2.45) is 0 Å². The van der Waals surface area contributed by atoms with Crippen molar-refractivity contribution >= 4 is 33.9 Å². The molecule has 2 aromatic rings. The Morgan fingerprint density at radius 2 is 1.24 bits per heavy atom. The molecule has 0 radical (unpaired) electrons. The Kier molecular flexibility index (Phi) is 5.02. The highest BCUT2D eigenvalue weighted by Gasteiger charge is 2.47. The maximum atomic E-state index is 12.8. The van der Waals surface area contributed by atoms with Gasteiger partial charge in [0.15, 0.2) is 0 Å². The Hall–Kier alpha value is -4.71. The summed E-state index contributed by atoms with van der Waals surface area (Å²) in [6, 6.07) is 0.959. The predicted octanol–water partition coefficient (Wildman–Crippen LogP) is -0.447. The van der Waals surface area contributed by atoms with Crippen molar-refractivity contribution in [3.63, 3.8) is 0 Å². The van der Waals surface area contributed by atoms with Crippen molar-refractivity contribution < 1.29 is 26.6 Å². The van der Waals surface area contributed by atoms with Crippen LogP contribution in [0.25, 0.3) is 11.4 Å². The standard InChI is InChI=1S/C20H16N10O6S/c21-3-13-5-23-27(7-13)15-1-17-11-25(9-15)19(31)29(17)35-37(33,34)36-30-18-2-16(10-26(12-18)20(30)32)28-8-14(4-22)6-24-28/h1-2,5-8,17-18H,9-12H2. The highest BCUT2D eigenvalue weighted by atomic mass is 32.3. The van der Waals surface area contributed by atoms with E-state index in [9.17, 15) is 18.0 Å². The van der Waals surface area contributed by atoms with E-state index in [0.29, 0.717) is 32.6 Å². The van der Waals surface area contributed by atoms with E-state index in [2.05, 4.69) is 10.2 Å². The average Bonchev–Trinajstić information content (AvgIpc) is 3.65. The number of fused-ring (bicyclic) bond motifs is 4. The summed E-state index contributed by atoms with van der Waals surface area (Å²) < 4.78 is 38.4. The number of rotatable bonds is 6. The molecule has 0 aromatic carbocycles. The molecule has 0 aliphatic carbocycles. The molecule has 4 bridgehead atoms. The van der Waals surface area contributed by atoms with Crippen molar-refractivity contribution in [3.05, 3.63) is 48.1 Å². The molecular weight excluding hydrogens is 508 g/mol. The highest BCUT2D eigenvalue weighted by molar-refractivity contribution is 7.81. The summed E-state index contributed by atoms with van der Waals surface area (Å²) in [6.07, 6.45) is 8.94. The number of hydrogen-bond donors (Lipinski definition) is 0. The molecule has 0 spiro atoms. The minimum Gasteiger partial charge on any atom is -0.314 e. The monoisotopic (exact) mass is 524 g/mol. The molecule has 37 heavy (non-hydrogen) atoms. The van der Waals surface area contributed by atoms with Crippen LogP contribution >= 0.6 is 0 Å². The van der Waals surface area contributed by atoms with Gasteiger partial charge >= 0.3 is 22.5 Å². The van der Waals surface area contributed by atoms with Crippen molar-refractivity contribution in [1.29, 1.82) is 10.5 Å². The second-order valence-electron chi connectivity index (χ2n) is 8.56. The third-order valence-corrected chi connectivity index (χ3v) is 6.85. The second kappa shape index (κ2) is 8.17. The fourth-order valence-electron chi connectivity index (χ4n) is 4.52. The number of hydroxylamine groups is 4. The van der Waals surface area contributed by atoms with E-state index >= 15 is 0 Å². The molecule has 2 atom stereocenters. The lowest BCUT2D eigenvalue weighted by Gasteiger charge is -2.22. The number of amides is 4. The van der Waals surface area contributed by atoms with Gasteiger partial charge in [-0.1, -0.05) is 0 Å². The smallest absolute Gasteiger partial charge is 0.314 e. The van der Waals surface area contributed by atoms with Crippen LogP contribution in [0.15, 0.2) is 36.9 Å². The molecule has 4 amide bonds. The largest absolute Gasteiger partial charge is 0.442 e. The molecule has 4 aliphatic rings. The van der Waals surface area contributed by atoms with Crippen LogP contribution in [-0.2, 0) is 19.0 Å². The first-order chi connectivity index (χ1) is 17.7. The maximum absolute atomic E-state index is 12.8. The maximum Gasteiger partial charge on any atom is 0.442 e. The zero-order valence-corrected chi connectivity index (χ0v) is 19.6. The molecule has 4 aliphatic heterocycles. The molecular formula is C20H16N10O6S. The average molecular weight is 524 g/mol. The van der Waals surface area contributed by atoms with Gasteiger partial charge in [-0.15, -0.1) is 8.57 Å². The van der Waals surface area contributed by atoms with Gasteiger partial charge in [-0.25, -0.2) is 19.0 Å². The van der Waals surface area contributed by atoms with Gasteiger partial charge in [-0.05, 0) is 12.2 Å². The number of nitrogens with zero attached hydrogens (tertiary/aromatic N) is 10. The minimum atomic E-state index is -4.89. The lowest BCUT2D eigenvalue weighted by atomic mass is 10.2. The summed E-state index contributed by atoms with van der Waals surface area (Å²) in [5.41, 5.74) is 1.77. The summed E-state index contributed by atoms with van der Waals surface area (Å²) in [4.78, 5) is 28.3. The van der Waals surface area contributed by atoms with Crippen LogP contribution in [0.5, 0.6) is 0 Å². The van der Waals surface area contributed by atoms with Gasteiger partial charge in [0.2, 0.25) is 0 Å². The molecule has 0 N–H and O–H groups in total. The van der Waals surface area contributed by atoms with Gasteiger partial charge in [-0.2, -0.15) is 39.3 Å². The first kappa shape index (κ1) is 22.7. The third kappa shape index (κ3) is 3.87. The predicted molar refractivity (Wildman–Crippen MR) is 119 cm³/mol. The van der Waals surface area contributed by atoms with Crippen LogP contribution in [0.2, 0.25) is 0 Å². The fourth-order valence-corrected chi connectivity index (χ4v) is 5.29. The van der Waals surface area contributed by atoms with Crippen LogP contribution in [0.4, 0.5) is 9.59 Å². The number of carbonyl (C=O) groups is 2. The molecule has 17 heteroatoms. The van der Waals surface area contributed by atoms with Crippen LogP contribution in [-0.4, -0.2) is 98.2 Å². The summed E-state index contributed by atoms with van der Waals surface area (Å²) in [6.45, 7) is 0.589. The van der Waals surface area contributed by atoms with E-state index in [0.717, 1.165) is 0 Å². The van der Waals surface area contributed by atoms with Crippen LogP contribution < -0.4 is 0 Å². The van der Waals surface area contributed by atoms with E-state index in [4.69, 9.17) is 19.1 Å². The Bertz CT molecular complexity index is 1470. The summed E-state index contributed by atoms with van der Waals surface area (Å²) in [7, 11) is -4.89. The number of urea groups is 2. The Balaban J connectivity index is 1.18. The first-order valence-electron chi connectivity index (χ1n) is 10.9. The number of aromatic nitrogens is 4. The molecule has 2 unspecified atom stereocenters. The highest BCUT2D eigenvalue weighted by Crippen LogP contribution is 2.30. The number of nitriles is 2. The molecule has 188 valence electrons. The van der Waals surface area contributed by atoms with E-state index in [1.165, 1.54) is 44.0 Å². The van der Waals surface area contributed by atoms with Crippen LogP contribution in [0.1, 0.15) is 11.1 Å². The van der Waals surface area contributed by atoms with Gasteiger partial charge in [0.05, 0.1) is 48.0 Å². The minimum absolute atomic E-state index is 0.124. The Labute approximate surface area is 209 Å². The normalized spacial score (nSPS) is 22.8. The van der Waals surface area contributed by atoms with E-state index in [-0.39, 0.29) is 26.2 Å². The lowest BCUT2D eigenvalue weighted by Crippen LogP contribution is -2.40. The van der Waals surface area contributed by atoms with Gasteiger partial charge < -0.3 is 9.80 Å². The topological polar surface area (TPSA) is 183 Å². The van der Waals surface area contributed by atoms with Gasteiger partial charge in [0, 0.05) is 25.5 Å². The molecule has 6 rings (SSSR count). The molecule has 6 heterocycles. The molecule has 2 aromatic heterocycles. The fraction of sp³-hybridized carbons (Fsp3) is 0.300. The number of carbonyl (C=O) groups excluding carboxylic acids is 2. The van der Waals surface area contributed by atoms with Crippen LogP contribution in [0.3, 0.4) is 0 Å². The molecule has 2 saturated heterocycles. The van der Waals surface area contributed by atoms with Gasteiger partial charge in [0.1, 0.15) is 24.2 Å². The van der Waals surface area contributed by atoms with Crippen molar-refractivity contribution in [3.8, 4) is 12.1 Å². The summed E-state index contributed by atoms with van der Waals surface area (Å²) in [5, 5.41) is 27.5. The third-order valence-electron chi connectivity index (χ3n) is 6.17. The van der Waals surface area contributed by atoms with Gasteiger partial charge in [0.25, 0.3) is 0 Å². The van der Waals surface area contributed by atoms with E-state index in [1.807, 2.05) is 12.1 Å². The van der Waals surface area contributed by atoms with Crippen molar-refractivity contribution in [2.45, 2.75) is 12.1 Å². The van der Waals surface area contributed by atoms with Gasteiger partial charge in [-0.3, -0.25) is 0 Å². The zero-order chi connectivity index (χ0) is 25.9. The number of hydrogen-bond acceptors (Lipinski definition) is 10. The molecule has 16 nitrogen and oxygen atoms in total. The second-order valence-corrected chi connectivity index (χ2v) is 9.67. The Morgan fingerprint density at radius 3 is 1.62 bits per heavy atom. The lowest BCUT2D eigenvalue weighted by molar-refractivity contribution is -0.0723. The van der Waals surface area contributed by atoms with E-state index in [1.54, 1.807) is 12.2 Å². The Morgan fingerprint density at radius 1 is 0.811 bits per heavy atom. The summed E-state index contributed by atoms with van der Waals surface area (Å²) in [5.74, 6) is 0. The molecule has 2 fully saturated rings. The molecule has 0 saturated carbocycles. The first-order valence-corrected chi connectivity index (χ1v) is 12.2. The summed E-state index contributed by atoms with van der Waals surface area (Å²) >= 11 is 0. The van der Waals surface area contributed by atoms with Crippen LogP contribution in [0, 0.1) is 22.7 Å². The zero-order valence-electron chi connectivity index (χ0n) is 18.8. The quantitative estimate of drug-likeness (QED) is 0.480. The van der Waals surface area contributed by atoms with Crippen molar-refractivity contribution in [2.75, 3.05) is 26.2 Å². The van der Waals surface area contributed by atoms with Crippen molar-refractivity contribution in [1.82, 2.24) is 39.5 Å². The SMILES string of the molecule is N#Cc1cnn(C2=CC3CN(C2)C(=O)N3OS(=O)(=O)ON2C(=O)N3CC(n4cc(C#N)cn4)=CC2C3)c1.